The van der Waals surface area contributed by atoms with Crippen LogP contribution in [0.3, 0.4) is 0 Å². The van der Waals surface area contributed by atoms with Crippen molar-refractivity contribution in [3.05, 3.63) is 41.8 Å². The zero-order chi connectivity index (χ0) is 20.0. The lowest BCUT2D eigenvalue weighted by molar-refractivity contribution is 0.0513. The van der Waals surface area contributed by atoms with Gasteiger partial charge in [0.1, 0.15) is 15.4 Å². The van der Waals surface area contributed by atoms with Gasteiger partial charge >= 0.3 is 6.09 Å². The molecule has 1 rings (SSSR count). The van der Waals surface area contributed by atoms with Crippen molar-refractivity contribution in [1.29, 1.82) is 0 Å². The highest BCUT2D eigenvalue weighted by Gasteiger charge is 2.20. The Kier molecular flexibility index (Phi) is 7.40. The summed E-state index contributed by atoms with van der Waals surface area (Å²) in [6.07, 6.45) is 1.61. The third kappa shape index (κ3) is 9.00. The number of nitrogens with one attached hydrogen (secondary N) is 1. The number of carbonyl (C=O) groups is 1. The highest BCUT2D eigenvalue weighted by molar-refractivity contribution is 7.94. The number of sulfone groups is 2. The van der Waals surface area contributed by atoms with Crippen molar-refractivity contribution in [2.24, 2.45) is 0 Å². The lowest BCUT2D eigenvalue weighted by atomic mass is 10.2. The molecule has 1 aromatic rings. The van der Waals surface area contributed by atoms with Crippen molar-refractivity contribution in [3.63, 3.8) is 0 Å². The van der Waals surface area contributed by atoms with Crippen LogP contribution in [0.2, 0.25) is 0 Å². The minimum atomic E-state index is -3.70. The molecule has 0 aliphatic rings. The average molecular weight is 404 g/mol. The van der Waals surface area contributed by atoms with Gasteiger partial charge in [-0.05, 0) is 39.3 Å². The quantitative estimate of drug-likeness (QED) is 0.749. The molecule has 0 unspecified atom stereocenters. The fraction of sp³-hybridized carbons (Fsp3) is 0.471. The lowest BCUT2D eigenvalue weighted by Gasteiger charge is -2.22. The summed E-state index contributed by atoms with van der Waals surface area (Å²) in [7, 11) is -6.97. The van der Waals surface area contributed by atoms with Gasteiger partial charge in [-0.2, -0.15) is 0 Å². The minimum Gasteiger partial charge on any atom is -0.444 e. The fourth-order valence-corrected chi connectivity index (χ4v) is 3.68. The van der Waals surface area contributed by atoms with Crippen LogP contribution in [0, 0.1) is 0 Å². The predicted octanol–water partition coefficient (Wildman–Crippen LogP) is 2.30. The molecule has 7 nitrogen and oxygen atoms in total. The van der Waals surface area contributed by atoms with Crippen LogP contribution in [-0.2, 0) is 24.4 Å². The molecular formula is C17H25NO6S2. The number of benzene rings is 1. The van der Waals surface area contributed by atoms with E-state index in [0.717, 1.165) is 11.7 Å². The van der Waals surface area contributed by atoms with Crippen LogP contribution < -0.4 is 5.32 Å². The molecule has 0 heterocycles. The maximum atomic E-state index is 12.3. The van der Waals surface area contributed by atoms with E-state index < -0.39 is 37.4 Å². The molecule has 0 bridgehead atoms. The van der Waals surface area contributed by atoms with Gasteiger partial charge in [-0.15, -0.1) is 0 Å². The maximum absolute atomic E-state index is 12.3. The Morgan fingerprint density at radius 2 is 1.73 bits per heavy atom. The maximum Gasteiger partial charge on any atom is 0.408 e. The van der Waals surface area contributed by atoms with Crippen LogP contribution >= 0.6 is 0 Å². The topological polar surface area (TPSA) is 107 Å². The Morgan fingerprint density at radius 3 is 2.23 bits per heavy atom. The number of hydrogen-bond donors (Lipinski definition) is 1. The molecule has 146 valence electrons. The van der Waals surface area contributed by atoms with Gasteiger partial charge in [0, 0.05) is 11.7 Å². The van der Waals surface area contributed by atoms with Crippen molar-refractivity contribution in [1.82, 2.24) is 5.32 Å². The highest BCUT2D eigenvalue weighted by atomic mass is 32.2. The molecule has 0 aliphatic carbocycles. The molecule has 1 N–H and O–H groups in total. The van der Waals surface area contributed by atoms with Crippen LogP contribution in [0.5, 0.6) is 0 Å². The van der Waals surface area contributed by atoms with E-state index in [4.69, 9.17) is 4.74 Å². The first-order valence-electron chi connectivity index (χ1n) is 7.94. The second kappa shape index (κ2) is 8.68. The predicted molar refractivity (Wildman–Crippen MR) is 100 cm³/mol. The summed E-state index contributed by atoms with van der Waals surface area (Å²) in [5.74, 6) is -0.205. The van der Waals surface area contributed by atoms with Crippen LogP contribution in [0.25, 0.3) is 0 Å². The number of alkyl carbamates (subject to hydrolysis) is 1. The van der Waals surface area contributed by atoms with E-state index in [0.29, 0.717) is 0 Å². The molecule has 0 radical (unpaired) electrons. The lowest BCUT2D eigenvalue weighted by Crippen LogP contribution is -2.39. The molecular weight excluding hydrogens is 378 g/mol. The summed E-state index contributed by atoms with van der Waals surface area (Å²) < 4.78 is 52.5. The summed E-state index contributed by atoms with van der Waals surface area (Å²) in [4.78, 5) is 12.0. The van der Waals surface area contributed by atoms with Gasteiger partial charge in [0.05, 0.1) is 16.7 Å². The van der Waals surface area contributed by atoms with E-state index in [1.807, 2.05) is 0 Å². The molecule has 0 saturated carbocycles. The molecule has 9 heteroatoms. The third-order valence-electron chi connectivity index (χ3n) is 3.06. The molecule has 1 aromatic carbocycles. The third-order valence-corrected chi connectivity index (χ3v) is 5.49. The van der Waals surface area contributed by atoms with Gasteiger partial charge in [-0.25, -0.2) is 21.6 Å². The molecule has 0 saturated heterocycles. The Morgan fingerprint density at radius 1 is 1.15 bits per heavy atom. The molecule has 0 spiro atoms. The fourth-order valence-electron chi connectivity index (χ4n) is 1.90. The van der Waals surface area contributed by atoms with E-state index in [1.165, 1.54) is 18.2 Å². The van der Waals surface area contributed by atoms with Crippen LogP contribution in [0.15, 0.2) is 46.7 Å². The van der Waals surface area contributed by atoms with Gasteiger partial charge in [-0.1, -0.05) is 24.3 Å². The normalized spacial score (nSPS) is 14.2. The summed E-state index contributed by atoms with van der Waals surface area (Å²) in [5.41, 5.74) is -0.731. The van der Waals surface area contributed by atoms with Crippen molar-refractivity contribution in [2.45, 2.75) is 43.7 Å². The van der Waals surface area contributed by atoms with E-state index in [2.05, 4.69) is 5.32 Å². The van der Waals surface area contributed by atoms with Gasteiger partial charge in [0.15, 0.2) is 9.84 Å². The summed E-state index contributed by atoms with van der Waals surface area (Å²) in [5, 5.41) is 3.46. The number of carbonyl (C=O) groups excluding carboxylic acids is 1. The van der Waals surface area contributed by atoms with Gasteiger partial charge in [0.2, 0.25) is 0 Å². The zero-order valence-electron chi connectivity index (χ0n) is 15.3. The molecule has 1 atom stereocenters. The smallest absolute Gasteiger partial charge is 0.408 e. The van der Waals surface area contributed by atoms with Crippen molar-refractivity contribution < 1.29 is 26.4 Å². The van der Waals surface area contributed by atoms with Gasteiger partial charge in [-0.3, -0.25) is 0 Å². The SMILES string of the molecule is CC(C)(C)OC(=O)N[C@H](/C=C/S(=O)(=O)c1ccccc1)CCS(C)(=O)=O. The Balaban J connectivity index is 2.95. The van der Waals surface area contributed by atoms with Crippen molar-refractivity contribution in [2.75, 3.05) is 12.0 Å². The van der Waals surface area contributed by atoms with Gasteiger partial charge < -0.3 is 10.1 Å². The number of amides is 1. The summed E-state index contributed by atoms with van der Waals surface area (Å²) in [6, 6.07) is 6.99. The van der Waals surface area contributed by atoms with Crippen LogP contribution in [0.1, 0.15) is 27.2 Å². The van der Waals surface area contributed by atoms with E-state index in [9.17, 15) is 21.6 Å². The zero-order valence-corrected chi connectivity index (χ0v) is 16.9. The minimum absolute atomic E-state index is 0.0267. The number of rotatable bonds is 7. The first-order chi connectivity index (χ1) is 11.8. The molecule has 0 aliphatic heterocycles. The Bertz CT molecular complexity index is 837. The second-order valence-electron chi connectivity index (χ2n) is 6.86. The summed E-state index contributed by atoms with van der Waals surface area (Å²) >= 11 is 0. The molecule has 1 amide bonds. The molecule has 0 aromatic heterocycles. The average Bonchev–Trinajstić information content (AvgIpc) is 2.48. The monoisotopic (exact) mass is 403 g/mol. The highest BCUT2D eigenvalue weighted by Crippen LogP contribution is 2.13. The number of hydrogen-bond acceptors (Lipinski definition) is 6. The Hall–Kier alpha value is -1.87. The first-order valence-corrected chi connectivity index (χ1v) is 11.5. The summed E-state index contributed by atoms with van der Waals surface area (Å²) in [6.45, 7) is 5.06. The van der Waals surface area contributed by atoms with E-state index in [-0.39, 0.29) is 17.1 Å². The van der Waals surface area contributed by atoms with Crippen LogP contribution in [0.4, 0.5) is 4.79 Å². The van der Waals surface area contributed by atoms with Crippen LogP contribution in [-0.4, -0.2) is 46.6 Å². The van der Waals surface area contributed by atoms with E-state index in [1.54, 1.807) is 39.0 Å². The molecule has 0 fully saturated rings. The Labute approximate surface area is 155 Å². The molecule has 26 heavy (non-hydrogen) atoms. The van der Waals surface area contributed by atoms with Crippen molar-refractivity contribution in [3.8, 4) is 0 Å². The largest absolute Gasteiger partial charge is 0.444 e. The van der Waals surface area contributed by atoms with E-state index >= 15 is 0 Å². The van der Waals surface area contributed by atoms with Crippen molar-refractivity contribution >= 4 is 25.8 Å². The van der Waals surface area contributed by atoms with Gasteiger partial charge in [0.25, 0.3) is 0 Å². The number of ether oxygens (including phenoxy) is 1. The first kappa shape index (κ1) is 22.2. The standard InChI is InChI=1S/C17H25NO6S2/c1-17(2,3)24-16(19)18-14(10-12-25(4,20)21)11-13-26(22,23)15-8-6-5-7-9-15/h5-9,11,13-14H,10,12H2,1-4H3,(H,18,19)/b13-11+/t14-/m0/s1. The second-order valence-corrected chi connectivity index (χ2v) is 11.0.